The van der Waals surface area contributed by atoms with Crippen molar-refractivity contribution in [2.45, 2.75) is 27.7 Å². The molecule has 0 aliphatic carbocycles. The standard InChI is InChI=1S/C21H19FN2O3S2/c1-15(24-29(26,27)18-13-11-16(22)12-14-18)21(25)23-19-9-5-6-10-20(19)28-17-7-3-2-4-8-17/h2-15,24H,1H3,(H,23,25). The predicted octanol–water partition coefficient (Wildman–Crippen LogP) is 4.28. The van der Waals surface area contributed by atoms with Crippen LogP contribution >= 0.6 is 11.8 Å². The average molecular weight is 431 g/mol. The van der Waals surface area contributed by atoms with E-state index in [4.69, 9.17) is 0 Å². The van der Waals surface area contributed by atoms with E-state index in [2.05, 4.69) is 10.0 Å². The minimum Gasteiger partial charge on any atom is -0.324 e. The van der Waals surface area contributed by atoms with E-state index >= 15 is 0 Å². The molecule has 5 nitrogen and oxygen atoms in total. The van der Waals surface area contributed by atoms with Crippen LogP contribution in [0.3, 0.4) is 0 Å². The lowest BCUT2D eigenvalue weighted by Gasteiger charge is -2.16. The molecular formula is C21H19FN2O3S2. The van der Waals surface area contributed by atoms with Crippen LogP contribution in [-0.2, 0) is 14.8 Å². The Hall–Kier alpha value is -2.68. The molecule has 3 aromatic rings. The van der Waals surface area contributed by atoms with Crippen molar-refractivity contribution in [3.63, 3.8) is 0 Å². The number of hydrogen-bond acceptors (Lipinski definition) is 4. The normalized spacial score (nSPS) is 12.3. The summed E-state index contributed by atoms with van der Waals surface area (Å²) < 4.78 is 40.1. The molecule has 1 unspecified atom stereocenters. The molecule has 0 aliphatic heterocycles. The quantitative estimate of drug-likeness (QED) is 0.587. The van der Waals surface area contributed by atoms with E-state index in [1.54, 1.807) is 12.1 Å². The van der Waals surface area contributed by atoms with Crippen LogP contribution in [0.5, 0.6) is 0 Å². The summed E-state index contributed by atoms with van der Waals surface area (Å²) in [5, 5.41) is 2.77. The number of halogens is 1. The summed E-state index contributed by atoms with van der Waals surface area (Å²) in [6, 6.07) is 20.4. The van der Waals surface area contributed by atoms with Crippen molar-refractivity contribution >= 4 is 33.4 Å². The average Bonchev–Trinajstić information content (AvgIpc) is 2.70. The van der Waals surface area contributed by atoms with E-state index in [9.17, 15) is 17.6 Å². The van der Waals surface area contributed by atoms with Gasteiger partial charge in [0.05, 0.1) is 16.6 Å². The fraction of sp³-hybridized carbons (Fsp3) is 0.0952. The van der Waals surface area contributed by atoms with Gasteiger partial charge in [0.25, 0.3) is 0 Å². The molecule has 150 valence electrons. The Kier molecular flexibility index (Phi) is 6.68. The Labute approximate surface area is 173 Å². The first kappa shape index (κ1) is 21.0. The van der Waals surface area contributed by atoms with Crippen LogP contribution in [0.25, 0.3) is 0 Å². The molecule has 3 rings (SSSR count). The van der Waals surface area contributed by atoms with Gasteiger partial charge in [-0.25, -0.2) is 12.8 Å². The van der Waals surface area contributed by atoms with Gasteiger partial charge in [-0.1, -0.05) is 42.1 Å². The lowest BCUT2D eigenvalue weighted by molar-refractivity contribution is -0.117. The van der Waals surface area contributed by atoms with Gasteiger partial charge in [-0.05, 0) is 55.5 Å². The van der Waals surface area contributed by atoms with Crippen LogP contribution < -0.4 is 10.0 Å². The number of sulfonamides is 1. The smallest absolute Gasteiger partial charge is 0.242 e. The Morgan fingerprint density at radius 2 is 1.55 bits per heavy atom. The van der Waals surface area contributed by atoms with Crippen molar-refractivity contribution in [2.75, 3.05) is 5.32 Å². The molecule has 0 saturated carbocycles. The Balaban J connectivity index is 1.71. The summed E-state index contributed by atoms with van der Waals surface area (Å²) in [5.41, 5.74) is 0.583. The molecular weight excluding hydrogens is 411 g/mol. The number of nitrogens with one attached hydrogen (secondary N) is 2. The maximum absolute atomic E-state index is 13.0. The summed E-state index contributed by atoms with van der Waals surface area (Å²) in [6.45, 7) is 1.45. The van der Waals surface area contributed by atoms with Crippen LogP contribution in [0.15, 0.2) is 93.5 Å². The highest BCUT2D eigenvalue weighted by molar-refractivity contribution is 7.99. The first-order chi connectivity index (χ1) is 13.8. The first-order valence-corrected chi connectivity index (χ1v) is 11.1. The summed E-state index contributed by atoms with van der Waals surface area (Å²) in [6.07, 6.45) is 0. The highest BCUT2D eigenvalue weighted by Crippen LogP contribution is 2.33. The van der Waals surface area contributed by atoms with E-state index in [-0.39, 0.29) is 4.90 Å². The topological polar surface area (TPSA) is 75.3 Å². The van der Waals surface area contributed by atoms with Crippen LogP contribution in [0, 0.1) is 5.82 Å². The van der Waals surface area contributed by atoms with E-state index in [1.807, 2.05) is 42.5 Å². The third-order valence-electron chi connectivity index (χ3n) is 3.97. The molecule has 0 aromatic heterocycles. The maximum atomic E-state index is 13.0. The number of para-hydroxylation sites is 1. The van der Waals surface area contributed by atoms with E-state index in [1.165, 1.54) is 18.7 Å². The van der Waals surface area contributed by atoms with Crippen LogP contribution in [0.2, 0.25) is 0 Å². The van der Waals surface area contributed by atoms with Crippen LogP contribution in [0.4, 0.5) is 10.1 Å². The first-order valence-electron chi connectivity index (χ1n) is 8.76. The molecule has 3 aromatic carbocycles. The van der Waals surface area contributed by atoms with Crippen molar-refractivity contribution in [3.8, 4) is 0 Å². The summed E-state index contributed by atoms with van der Waals surface area (Å²) in [4.78, 5) is 14.3. The van der Waals surface area contributed by atoms with Gasteiger partial charge in [0.1, 0.15) is 5.82 Å². The summed E-state index contributed by atoms with van der Waals surface area (Å²) in [7, 11) is -3.95. The molecule has 0 saturated heterocycles. The van der Waals surface area contributed by atoms with Crippen molar-refractivity contribution in [2.24, 2.45) is 0 Å². The van der Waals surface area contributed by atoms with Gasteiger partial charge in [0, 0.05) is 9.79 Å². The third-order valence-corrected chi connectivity index (χ3v) is 6.61. The Morgan fingerprint density at radius 1 is 0.931 bits per heavy atom. The minimum absolute atomic E-state index is 0.112. The number of carbonyl (C=O) groups is 1. The molecule has 0 radical (unpaired) electrons. The highest BCUT2D eigenvalue weighted by atomic mass is 32.2. The molecule has 0 spiro atoms. The van der Waals surface area contributed by atoms with Gasteiger partial charge >= 0.3 is 0 Å². The predicted molar refractivity (Wildman–Crippen MR) is 112 cm³/mol. The molecule has 0 fully saturated rings. The monoisotopic (exact) mass is 430 g/mol. The zero-order valence-corrected chi connectivity index (χ0v) is 17.1. The second-order valence-electron chi connectivity index (χ2n) is 6.20. The lowest BCUT2D eigenvalue weighted by atomic mass is 10.3. The molecule has 0 bridgehead atoms. The number of hydrogen-bond donors (Lipinski definition) is 2. The highest BCUT2D eigenvalue weighted by Gasteiger charge is 2.22. The van der Waals surface area contributed by atoms with Crippen molar-refractivity contribution in [1.29, 1.82) is 0 Å². The number of carbonyl (C=O) groups excluding carboxylic acids is 1. The molecule has 0 aliphatic rings. The zero-order chi connectivity index (χ0) is 20.9. The molecule has 0 heterocycles. The third kappa shape index (κ3) is 5.66. The van der Waals surface area contributed by atoms with Crippen molar-refractivity contribution < 1.29 is 17.6 Å². The van der Waals surface area contributed by atoms with Crippen molar-refractivity contribution in [3.05, 3.63) is 84.7 Å². The van der Waals surface area contributed by atoms with Gasteiger partial charge in [0.2, 0.25) is 15.9 Å². The van der Waals surface area contributed by atoms with Gasteiger partial charge < -0.3 is 5.32 Å². The largest absolute Gasteiger partial charge is 0.324 e. The molecule has 1 amide bonds. The van der Waals surface area contributed by atoms with E-state index in [0.717, 1.165) is 34.1 Å². The number of amides is 1. The number of rotatable bonds is 7. The second-order valence-corrected chi connectivity index (χ2v) is 9.03. The SMILES string of the molecule is CC(NS(=O)(=O)c1ccc(F)cc1)C(=O)Nc1ccccc1Sc1ccccc1. The van der Waals surface area contributed by atoms with Gasteiger partial charge in [-0.15, -0.1) is 0 Å². The molecule has 29 heavy (non-hydrogen) atoms. The van der Waals surface area contributed by atoms with E-state index < -0.39 is 27.8 Å². The second kappa shape index (κ2) is 9.21. The number of benzene rings is 3. The summed E-state index contributed by atoms with van der Waals surface area (Å²) >= 11 is 1.49. The number of anilines is 1. The lowest BCUT2D eigenvalue weighted by Crippen LogP contribution is -2.41. The van der Waals surface area contributed by atoms with Gasteiger partial charge in [-0.3, -0.25) is 4.79 Å². The van der Waals surface area contributed by atoms with Gasteiger partial charge in [-0.2, -0.15) is 4.72 Å². The van der Waals surface area contributed by atoms with Gasteiger partial charge in [0.15, 0.2) is 0 Å². The fourth-order valence-corrected chi connectivity index (χ4v) is 4.61. The van der Waals surface area contributed by atoms with Crippen LogP contribution in [-0.4, -0.2) is 20.4 Å². The molecule has 8 heteroatoms. The molecule has 1 atom stereocenters. The maximum Gasteiger partial charge on any atom is 0.242 e. The van der Waals surface area contributed by atoms with Crippen molar-refractivity contribution in [1.82, 2.24) is 4.72 Å². The Morgan fingerprint density at radius 3 is 2.24 bits per heavy atom. The minimum atomic E-state index is -3.95. The zero-order valence-electron chi connectivity index (χ0n) is 15.5. The molecule has 2 N–H and O–H groups in total. The van der Waals surface area contributed by atoms with Crippen LogP contribution in [0.1, 0.15) is 6.92 Å². The fourth-order valence-electron chi connectivity index (χ4n) is 2.48. The Bertz CT molecular complexity index is 1090. The van der Waals surface area contributed by atoms with E-state index in [0.29, 0.717) is 5.69 Å². The summed E-state index contributed by atoms with van der Waals surface area (Å²) in [5.74, 6) is -1.04.